The molecule has 2 rings (SSSR count). The fraction of sp³-hybridized carbons (Fsp3) is 0.125. The van der Waals surface area contributed by atoms with Crippen LogP contribution in [0.3, 0.4) is 0 Å². The standard InChI is InChI=1S/C8H6F4N6/c9-4-3-14-7(16-13)15-6(4)18-2-1-5(17-18)8(10,11)12/h1-3H,13H2,(H,14,15,16). The molecule has 18 heavy (non-hydrogen) atoms. The van der Waals surface area contributed by atoms with Crippen molar-refractivity contribution >= 4 is 5.95 Å². The van der Waals surface area contributed by atoms with E-state index in [-0.39, 0.29) is 5.95 Å². The van der Waals surface area contributed by atoms with Crippen molar-refractivity contribution in [1.29, 1.82) is 0 Å². The maximum atomic E-state index is 13.4. The first-order valence-corrected chi connectivity index (χ1v) is 4.54. The Morgan fingerprint density at radius 3 is 2.61 bits per heavy atom. The second kappa shape index (κ2) is 4.22. The van der Waals surface area contributed by atoms with Crippen LogP contribution in [0.25, 0.3) is 5.82 Å². The Kier molecular flexibility index (Phi) is 2.87. The SMILES string of the molecule is NNc1ncc(F)c(-n2ccc(C(F)(F)F)n2)n1. The zero-order chi connectivity index (χ0) is 13.3. The molecule has 0 aromatic carbocycles. The zero-order valence-electron chi connectivity index (χ0n) is 8.61. The minimum absolute atomic E-state index is 0.143. The highest BCUT2D eigenvalue weighted by atomic mass is 19.4. The lowest BCUT2D eigenvalue weighted by Crippen LogP contribution is -2.14. The lowest BCUT2D eigenvalue weighted by Gasteiger charge is -2.04. The van der Waals surface area contributed by atoms with Crippen molar-refractivity contribution in [3.63, 3.8) is 0 Å². The number of hydrogen-bond acceptors (Lipinski definition) is 5. The van der Waals surface area contributed by atoms with Crippen LogP contribution < -0.4 is 11.3 Å². The van der Waals surface area contributed by atoms with Crippen LogP contribution in [0.1, 0.15) is 5.69 Å². The third kappa shape index (κ3) is 2.22. The summed E-state index contributed by atoms with van der Waals surface area (Å²) < 4.78 is 51.0. The van der Waals surface area contributed by atoms with Crippen LogP contribution in [-0.2, 0) is 6.18 Å². The summed E-state index contributed by atoms with van der Waals surface area (Å²) in [5.41, 5.74) is 0.899. The number of hydrogen-bond donors (Lipinski definition) is 2. The number of aromatic nitrogens is 4. The van der Waals surface area contributed by atoms with Gasteiger partial charge in [-0.3, -0.25) is 5.43 Å². The van der Waals surface area contributed by atoms with Gasteiger partial charge in [-0.05, 0) is 6.07 Å². The normalized spacial score (nSPS) is 11.6. The van der Waals surface area contributed by atoms with Crippen LogP contribution in [0.5, 0.6) is 0 Å². The van der Waals surface area contributed by atoms with Crippen LogP contribution >= 0.6 is 0 Å². The minimum Gasteiger partial charge on any atom is -0.292 e. The first kappa shape index (κ1) is 12.2. The van der Waals surface area contributed by atoms with Gasteiger partial charge in [0, 0.05) is 6.20 Å². The zero-order valence-corrected chi connectivity index (χ0v) is 8.61. The van der Waals surface area contributed by atoms with Gasteiger partial charge in [0.2, 0.25) is 5.95 Å². The summed E-state index contributed by atoms with van der Waals surface area (Å²) in [5.74, 6) is 3.51. The summed E-state index contributed by atoms with van der Waals surface area (Å²) in [6.07, 6.45) is -2.90. The largest absolute Gasteiger partial charge is 0.435 e. The third-order valence-electron chi connectivity index (χ3n) is 1.95. The molecule has 0 radical (unpaired) electrons. The molecule has 2 heterocycles. The maximum Gasteiger partial charge on any atom is 0.435 e. The number of nitrogens with one attached hydrogen (secondary N) is 1. The molecule has 3 N–H and O–H groups in total. The van der Waals surface area contributed by atoms with Gasteiger partial charge in [0.15, 0.2) is 17.3 Å². The van der Waals surface area contributed by atoms with Gasteiger partial charge in [-0.1, -0.05) is 0 Å². The van der Waals surface area contributed by atoms with Crippen molar-refractivity contribution in [2.75, 3.05) is 5.43 Å². The van der Waals surface area contributed by atoms with Crippen molar-refractivity contribution in [3.05, 3.63) is 30.0 Å². The Morgan fingerprint density at radius 1 is 1.33 bits per heavy atom. The molecule has 0 bridgehead atoms. The Labute approximate surface area is 97.4 Å². The molecule has 2 aromatic rings. The van der Waals surface area contributed by atoms with E-state index in [0.29, 0.717) is 10.7 Å². The fourth-order valence-corrected chi connectivity index (χ4v) is 1.18. The Morgan fingerprint density at radius 2 is 2.06 bits per heavy atom. The lowest BCUT2D eigenvalue weighted by molar-refractivity contribution is -0.141. The van der Waals surface area contributed by atoms with Gasteiger partial charge in [0.1, 0.15) is 0 Å². The van der Waals surface area contributed by atoms with E-state index < -0.39 is 23.5 Å². The number of nitrogens with zero attached hydrogens (tertiary/aromatic N) is 4. The Bertz CT molecular complexity index is 563. The number of hydrazine groups is 1. The molecule has 10 heteroatoms. The predicted octanol–water partition coefficient (Wildman–Crippen LogP) is 1.11. The van der Waals surface area contributed by atoms with E-state index in [1.165, 1.54) is 0 Å². The Hall–Kier alpha value is -2.23. The van der Waals surface area contributed by atoms with Crippen molar-refractivity contribution in [3.8, 4) is 5.82 Å². The van der Waals surface area contributed by atoms with E-state index >= 15 is 0 Å². The first-order chi connectivity index (χ1) is 8.41. The number of nitrogen functional groups attached to an aromatic ring is 1. The van der Waals surface area contributed by atoms with E-state index in [4.69, 9.17) is 5.84 Å². The summed E-state index contributed by atoms with van der Waals surface area (Å²) in [6, 6.07) is 0.705. The molecule has 0 fully saturated rings. The highest BCUT2D eigenvalue weighted by Gasteiger charge is 2.34. The number of halogens is 4. The molecule has 0 spiro atoms. The monoisotopic (exact) mass is 262 g/mol. The molecule has 2 aromatic heterocycles. The van der Waals surface area contributed by atoms with Crippen molar-refractivity contribution < 1.29 is 17.6 Å². The van der Waals surface area contributed by atoms with Gasteiger partial charge in [-0.25, -0.2) is 19.9 Å². The van der Waals surface area contributed by atoms with E-state index in [0.717, 1.165) is 12.4 Å². The highest BCUT2D eigenvalue weighted by Crippen LogP contribution is 2.27. The predicted molar refractivity (Wildman–Crippen MR) is 51.9 cm³/mol. The van der Waals surface area contributed by atoms with Crippen molar-refractivity contribution in [1.82, 2.24) is 19.7 Å². The molecular weight excluding hydrogens is 256 g/mol. The molecule has 0 aliphatic rings. The number of anilines is 1. The first-order valence-electron chi connectivity index (χ1n) is 4.54. The van der Waals surface area contributed by atoms with E-state index in [9.17, 15) is 17.6 Å². The smallest absolute Gasteiger partial charge is 0.292 e. The second-order valence-electron chi connectivity index (χ2n) is 3.15. The van der Waals surface area contributed by atoms with Crippen LogP contribution in [0.4, 0.5) is 23.5 Å². The van der Waals surface area contributed by atoms with Crippen molar-refractivity contribution in [2.24, 2.45) is 5.84 Å². The summed E-state index contributed by atoms with van der Waals surface area (Å²) in [7, 11) is 0. The van der Waals surface area contributed by atoms with Crippen LogP contribution in [0.2, 0.25) is 0 Å². The quantitative estimate of drug-likeness (QED) is 0.481. The highest BCUT2D eigenvalue weighted by molar-refractivity contribution is 5.31. The molecule has 0 aliphatic heterocycles. The molecule has 6 nitrogen and oxygen atoms in total. The summed E-state index contributed by atoms with van der Waals surface area (Å²) in [4.78, 5) is 7.02. The topological polar surface area (TPSA) is 81.6 Å². The molecule has 0 unspecified atom stereocenters. The fourth-order valence-electron chi connectivity index (χ4n) is 1.18. The van der Waals surface area contributed by atoms with E-state index in [2.05, 4.69) is 15.1 Å². The molecular formula is C8H6F4N6. The average Bonchev–Trinajstić information content (AvgIpc) is 2.78. The van der Waals surface area contributed by atoms with Crippen LogP contribution in [0.15, 0.2) is 18.5 Å². The van der Waals surface area contributed by atoms with Gasteiger partial charge in [0.25, 0.3) is 0 Å². The molecule has 0 aliphatic carbocycles. The number of nitrogens with two attached hydrogens (primary N) is 1. The van der Waals surface area contributed by atoms with Crippen molar-refractivity contribution in [2.45, 2.75) is 6.18 Å². The summed E-state index contributed by atoms with van der Waals surface area (Å²) in [5, 5.41) is 3.18. The maximum absolute atomic E-state index is 13.4. The molecule has 0 atom stereocenters. The second-order valence-corrected chi connectivity index (χ2v) is 3.15. The van der Waals surface area contributed by atoms with E-state index in [1.54, 1.807) is 0 Å². The van der Waals surface area contributed by atoms with Gasteiger partial charge in [-0.15, -0.1) is 0 Å². The average molecular weight is 262 g/mol. The molecule has 0 saturated heterocycles. The minimum atomic E-state index is -4.61. The number of rotatable bonds is 2. The molecule has 0 saturated carbocycles. The van der Waals surface area contributed by atoms with Gasteiger partial charge >= 0.3 is 6.18 Å². The Balaban J connectivity index is 2.45. The van der Waals surface area contributed by atoms with Crippen LogP contribution in [0, 0.1) is 5.82 Å². The lowest BCUT2D eigenvalue weighted by atomic mass is 10.4. The van der Waals surface area contributed by atoms with Gasteiger partial charge < -0.3 is 0 Å². The summed E-state index contributed by atoms with van der Waals surface area (Å²) >= 11 is 0. The van der Waals surface area contributed by atoms with E-state index in [1.807, 2.05) is 5.43 Å². The molecule has 96 valence electrons. The molecule has 0 amide bonds. The van der Waals surface area contributed by atoms with Gasteiger partial charge in [-0.2, -0.15) is 23.3 Å². The van der Waals surface area contributed by atoms with Gasteiger partial charge in [0.05, 0.1) is 6.20 Å². The third-order valence-corrected chi connectivity index (χ3v) is 1.95. The number of alkyl halides is 3. The summed E-state index contributed by atoms with van der Waals surface area (Å²) in [6.45, 7) is 0. The van der Waals surface area contributed by atoms with Crippen LogP contribution in [-0.4, -0.2) is 19.7 Å².